The molecule has 0 N–H and O–H groups in total. The van der Waals surface area contributed by atoms with Gasteiger partial charge in [0, 0.05) is 25.5 Å². The highest BCUT2D eigenvalue weighted by molar-refractivity contribution is 7.20. The number of amides is 1. The van der Waals surface area contributed by atoms with Crippen LogP contribution < -0.4 is 0 Å². The van der Waals surface area contributed by atoms with Gasteiger partial charge in [0.25, 0.3) is 5.91 Å². The van der Waals surface area contributed by atoms with Gasteiger partial charge in [-0.05, 0) is 19.4 Å². The number of likely N-dealkylation sites (tertiary alicyclic amines) is 1. The monoisotopic (exact) mass is 235 g/mol. The van der Waals surface area contributed by atoms with Crippen molar-refractivity contribution in [3.8, 4) is 0 Å². The number of aromatic nitrogens is 2. The number of hydrogen-bond donors (Lipinski definition) is 0. The Kier molecular flexibility index (Phi) is 2.04. The molecule has 2 aromatic heterocycles. The van der Waals surface area contributed by atoms with E-state index in [9.17, 15) is 4.79 Å². The Hall–Kier alpha value is -1.36. The lowest BCUT2D eigenvalue weighted by Crippen LogP contribution is -2.41. The molecule has 0 bridgehead atoms. The lowest BCUT2D eigenvalue weighted by molar-refractivity contribution is 0.0657. The maximum Gasteiger partial charge on any atom is 0.264 e. The highest BCUT2D eigenvalue weighted by Gasteiger charge is 2.24. The van der Waals surface area contributed by atoms with Gasteiger partial charge >= 0.3 is 0 Å². The molecule has 1 fully saturated rings. The fourth-order valence-corrected chi connectivity index (χ4v) is 3.08. The summed E-state index contributed by atoms with van der Waals surface area (Å²) in [5, 5.41) is 5.44. The van der Waals surface area contributed by atoms with Gasteiger partial charge in [0.1, 0.15) is 4.83 Å². The summed E-state index contributed by atoms with van der Waals surface area (Å²) in [6, 6.07) is 1.98. The predicted octanol–water partition coefficient (Wildman–Crippen LogP) is 1.79. The number of carbonyl (C=O) groups is 1. The van der Waals surface area contributed by atoms with E-state index < -0.39 is 0 Å². The SMILES string of the molecule is Cc1nn(C)c2sc(C(=O)N3CCC3)cc12. The summed E-state index contributed by atoms with van der Waals surface area (Å²) in [7, 11) is 1.92. The van der Waals surface area contributed by atoms with Crippen LogP contribution in [-0.4, -0.2) is 33.7 Å². The first-order chi connectivity index (χ1) is 7.66. The second-order valence-corrected chi connectivity index (χ2v) is 5.21. The van der Waals surface area contributed by atoms with Gasteiger partial charge in [-0.2, -0.15) is 5.10 Å². The summed E-state index contributed by atoms with van der Waals surface area (Å²) in [5.74, 6) is 0.173. The van der Waals surface area contributed by atoms with Crippen LogP contribution in [0, 0.1) is 6.92 Å². The second kappa shape index (κ2) is 3.31. The average Bonchev–Trinajstić information content (AvgIpc) is 2.67. The van der Waals surface area contributed by atoms with E-state index >= 15 is 0 Å². The molecule has 1 aliphatic rings. The summed E-state index contributed by atoms with van der Waals surface area (Å²) in [6.07, 6.45) is 1.14. The molecule has 3 rings (SSSR count). The third-order valence-corrected chi connectivity index (χ3v) is 4.24. The van der Waals surface area contributed by atoms with E-state index in [1.54, 1.807) is 0 Å². The lowest BCUT2D eigenvalue weighted by atomic mass is 10.2. The van der Waals surface area contributed by atoms with Crippen LogP contribution in [0.2, 0.25) is 0 Å². The fourth-order valence-electron chi connectivity index (χ4n) is 1.99. The molecule has 16 heavy (non-hydrogen) atoms. The molecule has 3 heterocycles. The topological polar surface area (TPSA) is 38.1 Å². The van der Waals surface area contributed by atoms with E-state index in [1.165, 1.54) is 11.3 Å². The van der Waals surface area contributed by atoms with E-state index in [0.717, 1.165) is 40.3 Å². The Morgan fingerprint density at radius 3 is 2.81 bits per heavy atom. The average molecular weight is 235 g/mol. The van der Waals surface area contributed by atoms with Crippen LogP contribution in [0.3, 0.4) is 0 Å². The Bertz CT molecular complexity index is 531. The molecule has 0 unspecified atom stereocenters. The van der Waals surface area contributed by atoms with Crippen LogP contribution in [0.4, 0.5) is 0 Å². The zero-order valence-corrected chi connectivity index (χ0v) is 10.2. The summed E-state index contributed by atoms with van der Waals surface area (Å²) in [4.78, 5) is 15.8. The molecule has 5 heteroatoms. The molecule has 1 saturated heterocycles. The Balaban J connectivity index is 2.04. The van der Waals surface area contributed by atoms with E-state index in [4.69, 9.17) is 0 Å². The number of thiophene rings is 1. The Labute approximate surface area is 97.5 Å². The molecule has 4 nitrogen and oxygen atoms in total. The van der Waals surface area contributed by atoms with E-state index in [-0.39, 0.29) is 5.91 Å². The maximum atomic E-state index is 12.0. The van der Waals surface area contributed by atoms with E-state index in [0.29, 0.717) is 0 Å². The summed E-state index contributed by atoms with van der Waals surface area (Å²) in [6.45, 7) is 3.79. The van der Waals surface area contributed by atoms with Crippen LogP contribution in [0.1, 0.15) is 21.8 Å². The number of rotatable bonds is 1. The third-order valence-electron chi connectivity index (χ3n) is 3.05. The van der Waals surface area contributed by atoms with Crippen molar-refractivity contribution in [2.24, 2.45) is 7.05 Å². The van der Waals surface area contributed by atoms with Crippen molar-refractivity contribution in [3.05, 3.63) is 16.6 Å². The molecule has 84 valence electrons. The van der Waals surface area contributed by atoms with Gasteiger partial charge in [-0.3, -0.25) is 9.48 Å². The minimum atomic E-state index is 0.173. The Morgan fingerprint density at radius 1 is 1.50 bits per heavy atom. The standard InChI is InChI=1S/C11H13N3OS/c1-7-8-6-9(10(15)14-4-3-5-14)16-11(8)13(2)12-7/h6H,3-5H2,1-2H3. The Morgan fingerprint density at radius 2 is 2.25 bits per heavy atom. The molecule has 0 saturated carbocycles. The van der Waals surface area contributed by atoms with Gasteiger partial charge in [0.2, 0.25) is 0 Å². The molecule has 1 aliphatic heterocycles. The minimum absolute atomic E-state index is 0.173. The zero-order valence-electron chi connectivity index (χ0n) is 9.36. The molecule has 2 aromatic rings. The van der Waals surface area contributed by atoms with Crippen molar-refractivity contribution in [1.29, 1.82) is 0 Å². The van der Waals surface area contributed by atoms with Crippen LogP contribution in [-0.2, 0) is 7.05 Å². The van der Waals surface area contributed by atoms with Crippen molar-refractivity contribution in [2.75, 3.05) is 13.1 Å². The molecule has 0 aromatic carbocycles. The largest absolute Gasteiger partial charge is 0.338 e. The van der Waals surface area contributed by atoms with Crippen LogP contribution in [0.15, 0.2) is 6.07 Å². The van der Waals surface area contributed by atoms with E-state index in [1.807, 2.05) is 29.6 Å². The number of hydrogen-bond acceptors (Lipinski definition) is 3. The smallest absolute Gasteiger partial charge is 0.264 e. The molecule has 0 atom stereocenters. The third kappa shape index (κ3) is 1.28. The highest BCUT2D eigenvalue weighted by atomic mass is 32.1. The molecular formula is C11H13N3OS. The summed E-state index contributed by atoms with van der Waals surface area (Å²) >= 11 is 1.54. The fraction of sp³-hybridized carbons (Fsp3) is 0.455. The van der Waals surface area contributed by atoms with Crippen LogP contribution >= 0.6 is 11.3 Å². The van der Waals surface area contributed by atoms with Crippen LogP contribution in [0.25, 0.3) is 10.2 Å². The first kappa shape index (κ1) is 9.84. The first-order valence-electron chi connectivity index (χ1n) is 5.39. The first-order valence-corrected chi connectivity index (χ1v) is 6.21. The number of nitrogens with zero attached hydrogens (tertiary/aromatic N) is 3. The van der Waals surface area contributed by atoms with Gasteiger partial charge in [-0.1, -0.05) is 0 Å². The second-order valence-electron chi connectivity index (χ2n) is 4.18. The molecule has 1 amide bonds. The summed E-state index contributed by atoms with van der Waals surface area (Å²) in [5.41, 5.74) is 0.997. The zero-order chi connectivity index (χ0) is 11.3. The number of fused-ring (bicyclic) bond motifs is 1. The molecular weight excluding hydrogens is 222 g/mol. The van der Waals surface area contributed by atoms with Crippen molar-refractivity contribution < 1.29 is 4.79 Å². The van der Waals surface area contributed by atoms with Gasteiger partial charge in [-0.15, -0.1) is 11.3 Å². The summed E-state index contributed by atoms with van der Waals surface area (Å²) < 4.78 is 1.85. The highest BCUT2D eigenvalue weighted by Crippen LogP contribution is 2.29. The predicted molar refractivity (Wildman–Crippen MR) is 63.8 cm³/mol. The number of aryl methyl sites for hydroxylation is 2. The van der Waals surface area contributed by atoms with Crippen molar-refractivity contribution in [1.82, 2.24) is 14.7 Å². The van der Waals surface area contributed by atoms with Gasteiger partial charge in [-0.25, -0.2) is 0 Å². The number of carbonyl (C=O) groups excluding carboxylic acids is 1. The van der Waals surface area contributed by atoms with Gasteiger partial charge < -0.3 is 4.90 Å². The maximum absolute atomic E-state index is 12.0. The normalized spacial score (nSPS) is 15.5. The molecule has 0 aliphatic carbocycles. The van der Waals surface area contributed by atoms with Crippen LogP contribution in [0.5, 0.6) is 0 Å². The molecule has 0 spiro atoms. The van der Waals surface area contributed by atoms with Gasteiger partial charge in [0.15, 0.2) is 0 Å². The quantitative estimate of drug-likeness (QED) is 0.755. The van der Waals surface area contributed by atoms with E-state index in [2.05, 4.69) is 5.10 Å². The van der Waals surface area contributed by atoms with Crippen molar-refractivity contribution in [3.63, 3.8) is 0 Å². The van der Waals surface area contributed by atoms with Crippen molar-refractivity contribution in [2.45, 2.75) is 13.3 Å². The minimum Gasteiger partial charge on any atom is -0.338 e. The molecule has 0 radical (unpaired) electrons. The lowest BCUT2D eigenvalue weighted by Gasteiger charge is -2.30. The van der Waals surface area contributed by atoms with Crippen molar-refractivity contribution >= 4 is 27.5 Å². The van der Waals surface area contributed by atoms with Gasteiger partial charge in [0.05, 0.1) is 10.6 Å².